The van der Waals surface area contributed by atoms with Gasteiger partial charge in [0.25, 0.3) is 0 Å². The Labute approximate surface area is 61.6 Å². The summed E-state index contributed by atoms with van der Waals surface area (Å²) in [6.45, 7) is 5.92. The summed E-state index contributed by atoms with van der Waals surface area (Å²) >= 11 is 0. The van der Waals surface area contributed by atoms with Crippen molar-refractivity contribution in [3.8, 4) is 0 Å². The Morgan fingerprint density at radius 1 is 1.70 bits per heavy atom. The van der Waals surface area contributed by atoms with E-state index in [4.69, 9.17) is 5.90 Å². The molecule has 2 nitrogen and oxygen atoms in total. The molecule has 0 fully saturated rings. The molecular weight excluding hydrogens is 126 g/mol. The largest absolute Gasteiger partial charge is 0.300 e. The van der Waals surface area contributed by atoms with Gasteiger partial charge in [-0.1, -0.05) is 30.9 Å². The number of nitrogens with two attached hydrogens (primary N) is 1. The first kappa shape index (κ1) is 9.14. The van der Waals surface area contributed by atoms with Gasteiger partial charge in [-0.25, -0.2) is 5.90 Å². The molecular formula is C8H13NO. The molecule has 0 spiro atoms. The third kappa shape index (κ3) is 4.06. The summed E-state index contributed by atoms with van der Waals surface area (Å²) in [5.41, 5.74) is 1.04. The fourth-order valence-electron chi connectivity index (χ4n) is 0.516. The molecule has 0 amide bonds. The summed E-state index contributed by atoms with van der Waals surface area (Å²) in [5.74, 6) is 4.88. The van der Waals surface area contributed by atoms with E-state index < -0.39 is 0 Å². The summed E-state index contributed by atoms with van der Waals surface area (Å²) in [7, 11) is 0. The average molecular weight is 139 g/mol. The summed E-state index contributed by atoms with van der Waals surface area (Å²) in [6, 6.07) is 0. The molecule has 0 unspecified atom stereocenters. The van der Waals surface area contributed by atoms with E-state index in [9.17, 15) is 0 Å². The van der Waals surface area contributed by atoms with Gasteiger partial charge in [-0.3, -0.25) is 4.84 Å². The Bertz CT molecular complexity index is 147. The molecule has 0 atom stereocenters. The Hall–Kier alpha value is -0.860. The van der Waals surface area contributed by atoms with Crippen molar-refractivity contribution in [1.82, 2.24) is 0 Å². The van der Waals surface area contributed by atoms with Gasteiger partial charge in [0.1, 0.15) is 0 Å². The topological polar surface area (TPSA) is 35.2 Å². The standard InChI is InChI=1S/C8H13NO/c1-3-5-6-8(4-2)7-10-9/h3-6H,1,7,9H2,2H3/b6-5-,8-4+. The number of rotatable bonds is 4. The summed E-state index contributed by atoms with van der Waals surface area (Å²) in [4.78, 5) is 4.44. The van der Waals surface area contributed by atoms with Gasteiger partial charge in [0, 0.05) is 0 Å². The van der Waals surface area contributed by atoms with Crippen LogP contribution >= 0.6 is 0 Å². The van der Waals surface area contributed by atoms with Gasteiger partial charge in [0.05, 0.1) is 6.61 Å². The van der Waals surface area contributed by atoms with Crippen molar-refractivity contribution < 1.29 is 4.84 Å². The third-order valence-corrected chi connectivity index (χ3v) is 1.07. The van der Waals surface area contributed by atoms with Gasteiger partial charge in [-0.2, -0.15) is 0 Å². The highest BCUT2D eigenvalue weighted by Gasteiger charge is 1.85. The van der Waals surface area contributed by atoms with Crippen molar-refractivity contribution in [3.63, 3.8) is 0 Å². The summed E-state index contributed by atoms with van der Waals surface area (Å²) < 4.78 is 0. The first-order valence-corrected chi connectivity index (χ1v) is 3.11. The van der Waals surface area contributed by atoms with Crippen LogP contribution in [0.25, 0.3) is 0 Å². The van der Waals surface area contributed by atoms with E-state index in [1.165, 1.54) is 0 Å². The lowest BCUT2D eigenvalue weighted by molar-refractivity contribution is 0.163. The highest BCUT2D eigenvalue weighted by Crippen LogP contribution is 1.95. The maximum Gasteiger partial charge on any atom is 0.0926 e. The lowest BCUT2D eigenvalue weighted by Gasteiger charge is -1.95. The van der Waals surface area contributed by atoms with Crippen LogP contribution in [0.15, 0.2) is 36.5 Å². The van der Waals surface area contributed by atoms with Crippen LogP contribution in [0.5, 0.6) is 0 Å². The molecule has 0 aliphatic carbocycles. The quantitative estimate of drug-likeness (QED) is 0.474. The Morgan fingerprint density at radius 2 is 2.40 bits per heavy atom. The lowest BCUT2D eigenvalue weighted by atomic mass is 10.2. The van der Waals surface area contributed by atoms with Crippen molar-refractivity contribution in [2.75, 3.05) is 6.61 Å². The van der Waals surface area contributed by atoms with E-state index in [0.29, 0.717) is 6.61 Å². The molecule has 2 N–H and O–H groups in total. The van der Waals surface area contributed by atoms with Crippen LogP contribution in [0.4, 0.5) is 0 Å². The zero-order chi connectivity index (χ0) is 7.82. The van der Waals surface area contributed by atoms with Crippen LogP contribution < -0.4 is 5.90 Å². The molecule has 0 aliphatic rings. The van der Waals surface area contributed by atoms with E-state index in [-0.39, 0.29) is 0 Å². The molecule has 56 valence electrons. The van der Waals surface area contributed by atoms with Gasteiger partial charge in [0.2, 0.25) is 0 Å². The predicted octanol–water partition coefficient (Wildman–Crippen LogP) is 1.57. The minimum absolute atomic E-state index is 0.445. The highest BCUT2D eigenvalue weighted by atomic mass is 16.6. The highest BCUT2D eigenvalue weighted by molar-refractivity contribution is 5.21. The monoisotopic (exact) mass is 139 g/mol. The lowest BCUT2D eigenvalue weighted by Crippen LogP contribution is -2.01. The van der Waals surface area contributed by atoms with Crippen LogP contribution in [-0.4, -0.2) is 6.61 Å². The Morgan fingerprint density at radius 3 is 2.80 bits per heavy atom. The molecule has 0 rings (SSSR count). The Balaban J connectivity index is 3.84. The molecule has 0 aromatic rings. The molecule has 0 aromatic heterocycles. The molecule has 0 saturated carbocycles. The van der Waals surface area contributed by atoms with Crippen LogP contribution in [0.1, 0.15) is 6.92 Å². The number of allylic oxidation sites excluding steroid dienone is 3. The van der Waals surface area contributed by atoms with E-state index in [0.717, 1.165) is 5.57 Å². The summed E-state index contributed by atoms with van der Waals surface area (Å²) in [6.07, 6.45) is 7.39. The van der Waals surface area contributed by atoms with Gasteiger partial charge < -0.3 is 0 Å². The van der Waals surface area contributed by atoms with Crippen LogP contribution in [0, 0.1) is 0 Å². The van der Waals surface area contributed by atoms with E-state index in [2.05, 4.69) is 11.4 Å². The zero-order valence-electron chi connectivity index (χ0n) is 6.21. The van der Waals surface area contributed by atoms with E-state index >= 15 is 0 Å². The fraction of sp³-hybridized carbons (Fsp3) is 0.250. The van der Waals surface area contributed by atoms with Crippen molar-refractivity contribution in [2.45, 2.75) is 6.92 Å². The summed E-state index contributed by atoms with van der Waals surface area (Å²) in [5, 5.41) is 0. The Kier molecular flexibility index (Phi) is 5.72. The van der Waals surface area contributed by atoms with Crippen LogP contribution in [0.2, 0.25) is 0 Å². The van der Waals surface area contributed by atoms with E-state index in [1.807, 2.05) is 25.2 Å². The molecule has 0 saturated heterocycles. The second-order valence-electron chi connectivity index (χ2n) is 1.77. The van der Waals surface area contributed by atoms with Gasteiger partial charge in [-0.15, -0.1) is 0 Å². The van der Waals surface area contributed by atoms with Crippen molar-refractivity contribution in [2.24, 2.45) is 5.90 Å². The van der Waals surface area contributed by atoms with Gasteiger partial charge >= 0.3 is 0 Å². The first-order chi connectivity index (χ1) is 4.85. The van der Waals surface area contributed by atoms with Crippen LogP contribution in [0.3, 0.4) is 0 Å². The SMILES string of the molecule is C=C/C=C\C(=C/C)CON. The van der Waals surface area contributed by atoms with Crippen molar-refractivity contribution in [1.29, 1.82) is 0 Å². The number of hydrogen-bond acceptors (Lipinski definition) is 2. The smallest absolute Gasteiger partial charge is 0.0926 e. The fourth-order valence-corrected chi connectivity index (χ4v) is 0.516. The van der Waals surface area contributed by atoms with Crippen molar-refractivity contribution in [3.05, 3.63) is 36.5 Å². The maximum atomic E-state index is 4.88. The molecule has 0 heterocycles. The molecule has 2 heteroatoms. The second kappa shape index (κ2) is 6.26. The minimum atomic E-state index is 0.445. The predicted molar refractivity (Wildman–Crippen MR) is 43.2 cm³/mol. The maximum absolute atomic E-state index is 4.88. The average Bonchev–Trinajstić information content (AvgIpc) is 1.98. The zero-order valence-corrected chi connectivity index (χ0v) is 6.21. The molecule has 0 bridgehead atoms. The van der Waals surface area contributed by atoms with Crippen LogP contribution in [-0.2, 0) is 4.84 Å². The molecule has 0 aromatic carbocycles. The molecule has 0 radical (unpaired) electrons. The third-order valence-electron chi connectivity index (χ3n) is 1.07. The van der Waals surface area contributed by atoms with Gasteiger partial charge in [-0.05, 0) is 12.5 Å². The molecule has 0 aliphatic heterocycles. The normalized spacial score (nSPS) is 12.4. The second-order valence-corrected chi connectivity index (χ2v) is 1.77. The number of hydrogen-bond donors (Lipinski definition) is 1. The van der Waals surface area contributed by atoms with Gasteiger partial charge in [0.15, 0.2) is 0 Å². The van der Waals surface area contributed by atoms with E-state index in [1.54, 1.807) is 6.08 Å². The minimum Gasteiger partial charge on any atom is -0.300 e. The molecule has 10 heavy (non-hydrogen) atoms. The van der Waals surface area contributed by atoms with Crippen molar-refractivity contribution >= 4 is 0 Å². The first-order valence-electron chi connectivity index (χ1n) is 3.11.